The molecule has 0 N–H and O–H groups in total. The lowest BCUT2D eigenvalue weighted by Crippen LogP contribution is -2.26. The fraction of sp³-hybridized carbons (Fsp3) is 0.818. The summed E-state index contributed by atoms with van der Waals surface area (Å²) < 4.78 is 0. The van der Waals surface area contributed by atoms with Crippen LogP contribution in [0.3, 0.4) is 0 Å². The van der Waals surface area contributed by atoms with Crippen molar-refractivity contribution in [3.8, 4) is 0 Å². The lowest BCUT2D eigenvalue weighted by Gasteiger charge is -2.28. The van der Waals surface area contributed by atoms with Crippen molar-refractivity contribution in [1.29, 1.82) is 0 Å². The Morgan fingerprint density at radius 2 is 2.25 bits per heavy atom. The molecule has 1 nitrogen and oxygen atoms in total. The van der Waals surface area contributed by atoms with Crippen molar-refractivity contribution in [2.24, 2.45) is 0 Å². The van der Waals surface area contributed by atoms with Crippen molar-refractivity contribution in [3.63, 3.8) is 0 Å². The van der Waals surface area contributed by atoms with E-state index in [1.54, 1.807) is 5.70 Å². The second kappa shape index (κ2) is 3.51. The van der Waals surface area contributed by atoms with Crippen LogP contribution in [-0.2, 0) is 0 Å². The molecule has 1 atom stereocenters. The normalized spacial score (nSPS) is 30.6. The number of nitrogens with zero attached hydrogens (tertiary/aromatic N) is 1. The van der Waals surface area contributed by atoms with Crippen LogP contribution in [0.25, 0.3) is 0 Å². The number of likely N-dealkylation sites (tertiary alicyclic amines) is 1. The number of allylic oxidation sites excluding steroid dienone is 2. The summed E-state index contributed by atoms with van der Waals surface area (Å²) >= 11 is 0. The fourth-order valence-electron chi connectivity index (χ4n) is 2.44. The van der Waals surface area contributed by atoms with Gasteiger partial charge in [0, 0.05) is 18.3 Å². The van der Waals surface area contributed by atoms with E-state index in [9.17, 15) is 0 Å². The van der Waals surface area contributed by atoms with Gasteiger partial charge in [0.1, 0.15) is 0 Å². The SMILES string of the molecule is C[C@H]1CCCN1C1=CCCCC1. The standard InChI is InChI=1S/C11H19N/c1-10-6-5-9-12(10)11-7-3-2-4-8-11/h7,10H,2-6,8-9H2,1H3/t10-/m0/s1. The van der Waals surface area contributed by atoms with Crippen molar-refractivity contribution in [2.45, 2.75) is 51.5 Å². The zero-order chi connectivity index (χ0) is 8.39. The van der Waals surface area contributed by atoms with Gasteiger partial charge >= 0.3 is 0 Å². The molecule has 1 saturated heterocycles. The minimum absolute atomic E-state index is 0.814. The molecular weight excluding hydrogens is 146 g/mol. The molecule has 68 valence electrons. The maximum absolute atomic E-state index is 2.62. The van der Waals surface area contributed by atoms with E-state index in [0.29, 0.717) is 0 Å². The molecule has 2 aliphatic rings. The van der Waals surface area contributed by atoms with Crippen molar-refractivity contribution >= 4 is 0 Å². The Morgan fingerprint density at radius 3 is 2.83 bits per heavy atom. The van der Waals surface area contributed by atoms with Crippen molar-refractivity contribution in [1.82, 2.24) is 4.90 Å². The molecule has 12 heavy (non-hydrogen) atoms. The van der Waals surface area contributed by atoms with Gasteiger partial charge in [-0.15, -0.1) is 0 Å². The molecule has 2 rings (SSSR count). The van der Waals surface area contributed by atoms with E-state index in [2.05, 4.69) is 17.9 Å². The van der Waals surface area contributed by atoms with E-state index in [1.807, 2.05) is 0 Å². The van der Waals surface area contributed by atoms with Crippen molar-refractivity contribution in [3.05, 3.63) is 11.8 Å². The summed E-state index contributed by atoms with van der Waals surface area (Å²) in [7, 11) is 0. The van der Waals surface area contributed by atoms with E-state index in [0.717, 1.165) is 6.04 Å². The third kappa shape index (κ3) is 1.50. The summed E-state index contributed by atoms with van der Waals surface area (Å²) in [5, 5.41) is 0. The minimum Gasteiger partial charge on any atom is -0.372 e. The summed E-state index contributed by atoms with van der Waals surface area (Å²) in [6.07, 6.45) is 10.7. The molecule has 1 fully saturated rings. The second-order valence-corrected chi connectivity index (χ2v) is 4.13. The maximum atomic E-state index is 2.62. The Hall–Kier alpha value is -0.460. The van der Waals surface area contributed by atoms with Gasteiger partial charge in [-0.1, -0.05) is 6.08 Å². The molecule has 1 aliphatic carbocycles. The van der Waals surface area contributed by atoms with Gasteiger partial charge in [-0.2, -0.15) is 0 Å². The average molecular weight is 165 g/mol. The Bertz CT molecular complexity index is 183. The Balaban J connectivity index is 2.02. The molecule has 1 heterocycles. The van der Waals surface area contributed by atoms with E-state index < -0.39 is 0 Å². The molecule has 0 bridgehead atoms. The number of hydrogen-bond acceptors (Lipinski definition) is 1. The molecule has 0 spiro atoms. The molecule has 1 heteroatoms. The minimum atomic E-state index is 0.814. The molecule has 0 saturated carbocycles. The highest BCUT2D eigenvalue weighted by Crippen LogP contribution is 2.27. The van der Waals surface area contributed by atoms with Gasteiger partial charge in [0.05, 0.1) is 0 Å². The van der Waals surface area contributed by atoms with E-state index in [4.69, 9.17) is 0 Å². The zero-order valence-electron chi connectivity index (χ0n) is 8.05. The van der Waals surface area contributed by atoms with Gasteiger partial charge < -0.3 is 4.90 Å². The summed E-state index contributed by atoms with van der Waals surface area (Å²) in [6, 6.07) is 0.814. The number of rotatable bonds is 1. The predicted molar refractivity (Wildman–Crippen MR) is 52.0 cm³/mol. The zero-order valence-corrected chi connectivity index (χ0v) is 8.05. The highest BCUT2D eigenvalue weighted by molar-refractivity contribution is 5.07. The molecule has 0 unspecified atom stereocenters. The van der Waals surface area contributed by atoms with Crippen LogP contribution in [0.15, 0.2) is 11.8 Å². The van der Waals surface area contributed by atoms with Crippen LogP contribution in [0.5, 0.6) is 0 Å². The van der Waals surface area contributed by atoms with Gasteiger partial charge in [-0.05, 0) is 45.4 Å². The second-order valence-electron chi connectivity index (χ2n) is 4.13. The first-order valence-corrected chi connectivity index (χ1v) is 5.33. The lowest BCUT2D eigenvalue weighted by atomic mass is 10.0. The van der Waals surface area contributed by atoms with Crippen molar-refractivity contribution < 1.29 is 0 Å². The van der Waals surface area contributed by atoms with Gasteiger partial charge in [-0.25, -0.2) is 0 Å². The van der Waals surface area contributed by atoms with Crippen LogP contribution in [0.4, 0.5) is 0 Å². The van der Waals surface area contributed by atoms with E-state index in [1.165, 1.54) is 45.1 Å². The quantitative estimate of drug-likeness (QED) is 0.577. The third-order valence-corrected chi connectivity index (χ3v) is 3.19. The summed E-state index contributed by atoms with van der Waals surface area (Å²) in [6.45, 7) is 3.68. The van der Waals surface area contributed by atoms with E-state index >= 15 is 0 Å². The first kappa shape index (κ1) is 8.15. The highest BCUT2D eigenvalue weighted by atomic mass is 15.2. The molecule has 0 aromatic carbocycles. The van der Waals surface area contributed by atoms with Crippen molar-refractivity contribution in [2.75, 3.05) is 6.54 Å². The largest absolute Gasteiger partial charge is 0.372 e. The van der Waals surface area contributed by atoms with Crippen LogP contribution < -0.4 is 0 Å². The topological polar surface area (TPSA) is 3.24 Å². The summed E-state index contributed by atoms with van der Waals surface area (Å²) in [5.74, 6) is 0. The van der Waals surface area contributed by atoms with Crippen LogP contribution in [0, 0.1) is 0 Å². The smallest absolute Gasteiger partial charge is 0.0259 e. The molecule has 0 radical (unpaired) electrons. The third-order valence-electron chi connectivity index (χ3n) is 3.19. The Labute approximate surface area is 75.4 Å². The van der Waals surface area contributed by atoms with Gasteiger partial charge in [0.15, 0.2) is 0 Å². The Morgan fingerprint density at radius 1 is 1.33 bits per heavy atom. The van der Waals surface area contributed by atoms with Gasteiger partial charge in [0.25, 0.3) is 0 Å². The number of hydrogen-bond donors (Lipinski definition) is 0. The maximum Gasteiger partial charge on any atom is 0.0259 e. The highest BCUT2D eigenvalue weighted by Gasteiger charge is 2.22. The molecule has 0 amide bonds. The molecular formula is C11H19N. The first-order chi connectivity index (χ1) is 5.88. The summed E-state index contributed by atoms with van der Waals surface area (Å²) in [5.41, 5.74) is 1.64. The van der Waals surface area contributed by atoms with Crippen LogP contribution in [0.2, 0.25) is 0 Å². The monoisotopic (exact) mass is 165 g/mol. The van der Waals surface area contributed by atoms with Gasteiger partial charge in [0.2, 0.25) is 0 Å². The van der Waals surface area contributed by atoms with E-state index in [-0.39, 0.29) is 0 Å². The Kier molecular flexibility index (Phi) is 2.38. The van der Waals surface area contributed by atoms with Gasteiger partial charge in [-0.3, -0.25) is 0 Å². The van der Waals surface area contributed by atoms with Crippen LogP contribution >= 0.6 is 0 Å². The molecule has 1 aliphatic heterocycles. The summed E-state index contributed by atoms with van der Waals surface area (Å²) in [4.78, 5) is 2.62. The van der Waals surface area contributed by atoms with Crippen LogP contribution in [-0.4, -0.2) is 17.5 Å². The fourth-order valence-corrected chi connectivity index (χ4v) is 2.44. The first-order valence-electron chi connectivity index (χ1n) is 5.33. The average Bonchev–Trinajstić information content (AvgIpc) is 2.53. The molecule has 0 aromatic heterocycles. The predicted octanol–water partition coefficient (Wildman–Crippen LogP) is 2.93. The lowest BCUT2D eigenvalue weighted by molar-refractivity contribution is 0.318. The van der Waals surface area contributed by atoms with Crippen LogP contribution in [0.1, 0.15) is 45.4 Å². The molecule has 0 aromatic rings.